The molecular weight excluding hydrogens is 293 g/mol. The third-order valence-electron chi connectivity index (χ3n) is 2.71. The van der Waals surface area contributed by atoms with Crippen LogP contribution in [0.25, 0.3) is 0 Å². The molecule has 1 N–H and O–H groups in total. The van der Waals surface area contributed by atoms with E-state index in [2.05, 4.69) is 9.97 Å². The van der Waals surface area contributed by atoms with Gasteiger partial charge in [-0.3, -0.25) is 4.98 Å². The molecule has 1 atom stereocenters. The van der Waals surface area contributed by atoms with Crippen molar-refractivity contribution in [3.63, 3.8) is 0 Å². The van der Waals surface area contributed by atoms with E-state index in [9.17, 15) is 18.3 Å². The number of aromatic nitrogens is 2. The second-order valence-corrected chi connectivity index (χ2v) is 4.57. The molecule has 106 valence electrons. The van der Waals surface area contributed by atoms with E-state index in [4.69, 9.17) is 11.6 Å². The van der Waals surface area contributed by atoms with Crippen molar-refractivity contribution in [2.24, 2.45) is 0 Å². The summed E-state index contributed by atoms with van der Waals surface area (Å²) in [4.78, 5) is 7.28. The van der Waals surface area contributed by atoms with Crippen LogP contribution in [0.3, 0.4) is 0 Å². The van der Waals surface area contributed by atoms with Crippen LogP contribution in [0.2, 0.25) is 5.15 Å². The average Bonchev–Trinajstić information content (AvgIpc) is 2.37. The maximum atomic E-state index is 12.5. The Morgan fingerprint density at radius 2 is 1.90 bits per heavy atom. The van der Waals surface area contributed by atoms with E-state index in [-0.39, 0.29) is 10.7 Å². The molecule has 0 saturated heterocycles. The topological polar surface area (TPSA) is 46.0 Å². The SMILES string of the molecule is Cc1ccc(C(O)c2ccc(C(F)(F)F)nc2Cl)cn1. The van der Waals surface area contributed by atoms with E-state index >= 15 is 0 Å². The maximum absolute atomic E-state index is 12.5. The molecule has 0 amide bonds. The fourth-order valence-corrected chi connectivity index (χ4v) is 1.88. The van der Waals surface area contributed by atoms with Crippen LogP contribution < -0.4 is 0 Å². The molecule has 1 unspecified atom stereocenters. The van der Waals surface area contributed by atoms with Crippen molar-refractivity contribution in [3.8, 4) is 0 Å². The molecule has 0 radical (unpaired) electrons. The van der Waals surface area contributed by atoms with Crippen LogP contribution in [0.4, 0.5) is 13.2 Å². The van der Waals surface area contributed by atoms with Gasteiger partial charge in [0.2, 0.25) is 0 Å². The largest absolute Gasteiger partial charge is 0.433 e. The first-order valence-corrected chi connectivity index (χ1v) is 6.01. The van der Waals surface area contributed by atoms with Crippen molar-refractivity contribution >= 4 is 11.6 Å². The van der Waals surface area contributed by atoms with E-state index in [1.54, 1.807) is 19.1 Å². The number of halogens is 4. The van der Waals surface area contributed by atoms with Crippen LogP contribution in [0, 0.1) is 6.92 Å². The van der Waals surface area contributed by atoms with Crippen molar-refractivity contribution in [1.82, 2.24) is 9.97 Å². The fourth-order valence-electron chi connectivity index (χ4n) is 1.63. The highest BCUT2D eigenvalue weighted by atomic mass is 35.5. The monoisotopic (exact) mass is 302 g/mol. The zero-order valence-electron chi connectivity index (χ0n) is 10.3. The van der Waals surface area contributed by atoms with Gasteiger partial charge in [0, 0.05) is 23.0 Å². The Labute approximate surface area is 118 Å². The van der Waals surface area contributed by atoms with Gasteiger partial charge in [0.1, 0.15) is 17.0 Å². The van der Waals surface area contributed by atoms with Gasteiger partial charge in [0.05, 0.1) is 0 Å². The van der Waals surface area contributed by atoms with E-state index in [1.807, 2.05) is 0 Å². The Kier molecular flexibility index (Phi) is 3.96. The quantitative estimate of drug-likeness (QED) is 0.863. The zero-order valence-corrected chi connectivity index (χ0v) is 11.1. The van der Waals surface area contributed by atoms with Crippen LogP contribution in [0.1, 0.15) is 28.6 Å². The number of rotatable bonds is 2. The van der Waals surface area contributed by atoms with Gasteiger partial charge in [-0.2, -0.15) is 13.2 Å². The minimum absolute atomic E-state index is 0.102. The van der Waals surface area contributed by atoms with E-state index in [0.29, 0.717) is 5.56 Å². The Morgan fingerprint density at radius 1 is 1.20 bits per heavy atom. The van der Waals surface area contributed by atoms with Gasteiger partial charge in [-0.05, 0) is 19.1 Å². The summed E-state index contributed by atoms with van der Waals surface area (Å²) >= 11 is 5.72. The van der Waals surface area contributed by atoms with Gasteiger partial charge in [-0.25, -0.2) is 4.98 Å². The molecule has 0 aromatic carbocycles. The summed E-state index contributed by atoms with van der Waals surface area (Å²) in [6.07, 6.45) is -4.31. The smallest absolute Gasteiger partial charge is 0.383 e. The molecule has 3 nitrogen and oxygen atoms in total. The first kappa shape index (κ1) is 14.7. The van der Waals surface area contributed by atoms with Gasteiger partial charge in [0.15, 0.2) is 0 Å². The third-order valence-corrected chi connectivity index (χ3v) is 3.02. The summed E-state index contributed by atoms with van der Waals surface area (Å²) in [6, 6.07) is 5.21. The van der Waals surface area contributed by atoms with Crippen LogP contribution in [0.15, 0.2) is 30.5 Å². The van der Waals surface area contributed by atoms with Crippen molar-refractivity contribution < 1.29 is 18.3 Å². The summed E-state index contributed by atoms with van der Waals surface area (Å²) in [5, 5.41) is 9.73. The van der Waals surface area contributed by atoms with Crippen molar-refractivity contribution in [2.45, 2.75) is 19.2 Å². The highest BCUT2D eigenvalue weighted by Gasteiger charge is 2.33. The lowest BCUT2D eigenvalue weighted by atomic mass is 10.0. The first-order chi connectivity index (χ1) is 9.29. The van der Waals surface area contributed by atoms with Crippen LogP contribution in [-0.2, 0) is 6.18 Å². The molecule has 7 heteroatoms. The summed E-state index contributed by atoms with van der Waals surface area (Å²) in [7, 11) is 0. The van der Waals surface area contributed by atoms with Crippen LogP contribution in [-0.4, -0.2) is 15.1 Å². The fraction of sp³-hybridized carbons (Fsp3) is 0.231. The molecule has 2 rings (SSSR count). The van der Waals surface area contributed by atoms with E-state index < -0.39 is 18.0 Å². The average molecular weight is 303 g/mol. The molecule has 0 bridgehead atoms. The van der Waals surface area contributed by atoms with Gasteiger partial charge in [-0.1, -0.05) is 23.7 Å². The Morgan fingerprint density at radius 3 is 2.40 bits per heavy atom. The number of aryl methyl sites for hydroxylation is 1. The minimum atomic E-state index is -4.57. The molecule has 2 aromatic rings. The molecule has 2 aromatic heterocycles. The molecular formula is C13H10ClF3N2O. The molecule has 0 spiro atoms. The van der Waals surface area contributed by atoms with Crippen LogP contribution in [0.5, 0.6) is 0 Å². The lowest BCUT2D eigenvalue weighted by Gasteiger charge is -2.14. The van der Waals surface area contributed by atoms with Gasteiger partial charge in [0.25, 0.3) is 0 Å². The molecule has 2 heterocycles. The number of alkyl halides is 3. The first-order valence-electron chi connectivity index (χ1n) is 5.63. The predicted molar refractivity (Wildman–Crippen MR) is 67.3 cm³/mol. The molecule has 0 fully saturated rings. The molecule has 0 aliphatic carbocycles. The van der Waals surface area contributed by atoms with Crippen molar-refractivity contribution in [2.75, 3.05) is 0 Å². The van der Waals surface area contributed by atoms with Gasteiger partial charge >= 0.3 is 6.18 Å². The predicted octanol–water partition coefficient (Wildman–Crippen LogP) is 3.54. The second-order valence-electron chi connectivity index (χ2n) is 4.21. The summed E-state index contributed by atoms with van der Waals surface area (Å²) in [5.41, 5.74) is 0.197. The maximum Gasteiger partial charge on any atom is 0.433 e. The zero-order chi connectivity index (χ0) is 14.9. The number of hydrogen-bond donors (Lipinski definition) is 1. The normalized spacial score (nSPS) is 13.3. The number of hydrogen-bond acceptors (Lipinski definition) is 3. The van der Waals surface area contributed by atoms with Gasteiger partial charge < -0.3 is 5.11 Å². The number of nitrogens with zero attached hydrogens (tertiary/aromatic N) is 2. The number of aliphatic hydroxyl groups is 1. The summed E-state index contributed by atoms with van der Waals surface area (Å²) in [6.45, 7) is 1.78. The van der Waals surface area contributed by atoms with Crippen molar-refractivity contribution in [3.05, 3.63) is 58.1 Å². The lowest BCUT2D eigenvalue weighted by Crippen LogP contribution is -2.10. The third kappa shape index (κ3) is 3.08. The Hall–Kier alpha value is -1.66. The summed E-state index contributed by atoms with van der Waals surface area (Å²) in [5.74, 6) is 0. The second kappa shape index (κ2) is 5.38. The Bertz CT molecular complexity index is 614. The van der Waals surface area contributed by atoms with Crippen molar-refractivity contribution in [1.29, 1.82) is 0 Å². The van der Waals surface area contributed by atoms with E-state index in [1.165, 1.54) is 6.20 Å². The molecule has 0 saturated carbocycles. The van der Waals surface area contributed by atoms with Crippen LogP contribution >= 0.6 is 11.6 Å². The van der Waals surface area contributed by atoms with E-state index in [0.717, 1.165) is 17.8 Å². The standard InChI is InChI=1S/C13H10ClF3N2O/c1-7-2-3-8(6-18-7)11(20)9-4-5-10(13(15,16)17)19-12(9)14/h2-6,11,20H,1H3. The highest BCUT2D eigenvalue weighted by molar-refractivity contribution is 6.30. The minimum Gasteiger partial charge on any atom is -0.383 e. The lowest BCUT2D eigenvalue weighted by molar-refractivity contribution is -0.141. The molecule has 0 aliphatic rings. The van der Waals surface area contributed by atoms with Gasteiger partial charge in [-0.15, -0.1) is 0 Å². The highest BCUT2D eigenvalue weighted by Crippen LogP contribution is 2.32. The number of aliphatic hydroxyl groups excluding tert-OH is 1. The molecule has 20 heavy (non-hydrogen) atoms. The summed E-state index contributed by atoms with van der Waals surface area (Å²) < 4.78 is 37.4. The Balaban J connectivity index is 2.36. The molecule has 0 aliphatic heterocycles. The number of pyridine rings is 2.